The van der Waals surface area contributed by atoms with Gasteiger partial charge in [0, 0.05) is 29.7 Å². The second-order valence-electron chi connectivity index (χ2n) is 9.54. The number of aromatic amines is 2. The van der Waals surface area contributed by atoms with E-state index in [0.717, 1.165) is 27.5 Å². The number of amides is 1. The molecule has 2 N–H and O–H groups in total. The Morgan fingerprint density at radius 3 is 2.27 bits per heavy atom. The highest BCUT2D eigenvalue weighted by Crippen LogP contribution is 2.31. The van der Waals surface area contributed by atoms with Crippen LogP contribution < -0.4 is 9.47 Å². The van der Waals surface area contributed by atoms with Gasteiger partial charge >= 0.3 is 0 Å². The Labute approximate surface area is 231 Å². The van der Waals surface area contributed by atoms with E-state index >= 15 is 0 Å². The second kappa shape index (κ2) is 10.9. The molecule has 3 aromatic heterocycles. The van der Waals surface area contributed by atoms with Gasteiger partial charge in [-0.3, -0.25) is 9.78 Å². The van der Waals surface area contributed by atoms with E-state index in [2.05, 4.69) is 15.0 Å². The summed E-state index contributed by atoms with van der Waals surface area (Å²) in [5.74, 6) is 1.89. The molecular formula is C32H29N5O3. The quantitative estimate of drug-likeness (QED) is 0.241. The van der Waals surface area contributed by atoms with Gasteiger partial charge in [0.15, 0.2) is 0 Å². The molecule has 0 spiro atoms. The van der Waals surface area contributed by atoms with Gasteiger partial charge in [-0.15, -0.1) is 0 Å². The van der Waals surface area contributed by atoms with E-state index in [9.17, 15) is 4.79 Å². The molecule has 3 aromatic carbocycles. The molecule has 8 nitrogen and oxygen atoms in total. The van der Waals surface area contributed by atoms with E-state index in [4.69, 9.17) is 14.5 Å². The van der Waals surface area contributed by atoms with E-state index in [-0.39, 0.29) is 5.91 Å². The molecule has 0 saturated carbocycles. The fraction of sp³-hybridized carbons (Fsp3) is 0.156. The summed E-state index contributed by atoms with van der Waals surface area (Å²) in [4.78, 5) is 32.5. The Morgan fingerprint density at radius 2 is 1.57 bits per heavy atom. The predicted octanol–water partition coefficient (Wildman–Crippen LogP) is 5.93. The number of carbonyl (C=O) groups excluding carboxylic acids is 1. The van der Waals surface area contributed by atoms with Crippen LogP contribution in [-0.4, -0.2) is 51.5 Å². The van der Waals surface area contributed by atoms with Crippen LogP contribution in [0, 0.1) is 0 Å². The Morgan fingerprint density at radius 1 is 0.850 bits per heavy atom. The third-order valence-corrected chi connectivity index (χ3v) is 7.02. The number of ether oxygens (including phenoxy) is 2. The monoisotopic (exact) mass is 531 g/mol. The van der Waals surface area contributed by atoms with Crippen LogP contribution in [0.15, 0.2) is 97.2 Å². The molecule has 0 bridgehead atoms. The number of fused-ring (bicyclic) bond motifs is 2. The minimum atomic E-state index is -0.556. The summed E-state index contributed by atoms with van der Waals surface area (Å²) in [7, 11) is 3.26. The molecule has 8 heteroatoms. The first-order valence-electron chi connectivity index (χ1n) is 13.1. The lowest BCUT2D eigenvalue weighted by molar-refractivity contribution is 0.0694. The summed E-state index contributed by atoms with van der Waals surface area (Å²) in [6, 6.07) is 28.5. The van der Waals surface area contributed by atoms with E-state index in [1.807, 2.05) is 95.9 Å². The van der Waals surface area contributed by atoms with Crippen LogP contribution in [0.1, 0.15) is 33.6 Å². The highest BCUT2D eigenvalue weighted by Gasteiger charge is 2.32. The lowest BCUT2D eigenvalue weighted by Crippen LogP contribution is -2.38. The number of rotatable bonds is 9. The minimum Gasteiger partial charge on any atom is -0.497 e. The van der Waals surface area contributed by atoms with Gasteiger partial charge in [-0.25, -0.2) is 4.98 Å². The Hall–Kier alpha value is -5.11. The van der Waals surface area contributed by atoms with Crippen molar-refractivity contribution in [3.63, 3.8) is 0 Å². The number of imidazole rings is 1. The number of hydrogen-bond acceptors (Lipinski definition) is 5. The SMILES string of the molecule is COc1cc(CCN(C(=O)c2cc3ccccc3[nH]2)C(c2ccccn2)c2nc3ccccc3[nH]2)cc(OC)c1. The maximum atomic E-state index is 14.4. The number of nitrogens with zero attached hydrogens (tertiary/aromatic N) is 3. The first-order chi connectivity index (χ1) is 19.6. The van der Waals surface area contributed by atoms with Gasteiger partial charge in [0.05, 0.1) is 30.9 Å². The summed E-state index contributed by atoms with van der Waals surface area (Å²) in [6.07, 6.45) is 2.30. The minimum absolute atomic E-state index is 0.151. The first kappa shape index (κ1) is 25.2. The van der Waals surface area contributed by atoms with Crippen LogP contribution in [0.2, 0.25) is 0 Å². The van der Waals surface area contributed by atoms with Crippen molar-refractivity contribution in [2.45, 2.75) is 12.5 Å². The highest BCUT2D eigenvalue weighted by atomic mass is 16.5. The molecule has 1 amide bonds. The van der Waals surface area contributed by atoms with Crippen molar-refractivity contribution in [2.24, 2.45) is 0 Å². The lowest BCUT2D eigenvalue weighted by atomic mass is 10.1. The van der Waals surface area contributed by atoms with Gasteiger partial charge in [0.25, 0.3) is 5.91 Å². The number of methoxy groups -OCH3 is 2. The molecule has 0 saturated heterocycles. The number of nitrogens with one attached hydrogen (secondary N) is 2. The van der Waals surface area contributed by atoms with Crippen LogP contribution in [0.4, 0.5) is 0 Å². The van der Waals surface area contributed by atoms with Crippen LogP contribution in [0.5, 0.6) is 11.5 Å². The van der Waals surface area contributed by atoms with Crippen LogP contribution >= 0.6 is 0 Å². The molecule has 3 heterocycles. The number of aromatic nitrogens is 4. The van der Waals surface area contributed by atoms with E-state index in [0.29, 0.717) is 41.7 Å². The molecule has 0 aliphatic carbocycles. The van der Waals surface area contributed by atoms with Crippen LogP contribution in [0.25, 0.3) is 21.9 Å². The molecule has 6 aromatic rings. The number of pyridine rings is 1. The molecule has 200 valence electrons. The zero-order valence-electron chi connectivity index (χ0n) is 22.3. The normalized spacial score (nSPS) is 11.9. The summed E-state index contributed by atoms with van der Waals surface area (Å²) in [5, 5.41) is 0.974. The van der Waals surface area contributed by atoms with E-state index in [1.165, 1.54) is 0 Å². The molecule has 1 atom stereocenters. The van der Waals surface area contributed by atoms with Gasteiger partial charge < -0.3 is 24.3 Å². The molecular weight excluding hydrogens is 502 g/mol. The van der Waals surface area contributed by atoms with Crippen LogP contribution in [0.3, 0.4) is 0 Å². The van der Waals surface area contributed by atoms with Gasteiger partial charge in [-0.1, -0.05) is 36.4 Å². The molecule has 0 aliphatic rings. The standard InChI is InChI=1S/C32H29N5O3/c1-39-23-17-21(18-24(20-23)40-2)14-16-37(32(38)29-19-22-9-3-4-10-25(22)34-29)30(28-13-7-8-15-33-28)31-35-26-11-5-6-12-27(26)36-31/h3-13,15,17-20,30,34H,14,16H2,1-2H3,(H,35,36). The average Bonchev–Trinajstić information content (AvgIpc) is 3.63. The van der Waals surface area contributed by atoms with Gasteiger partial charge in [0.1, 0.15) is 29.1 Å². The second-order valence-corrected chi connectivity index (χ2v) is 9.54. The Bertz CT molecular complexity index is 1690. The van der Waals surface area contributed by atoms with Gasteiger partial charge in [0.2, 0.25) is 0 Å². The topological polar surface area (TPSA) is 96.1 Å². The van der Waals surface area contributed by atoms with Gasteiger partial charge in [-0.2, -0.15) is 0 Å². The fourth-order valence-electron chi connectivity index (χ4n) is 5.04. The molecule has 1 unspecified atom stereocenters. The molecule has 0 fully saturated rings. The summed E-state index contributed by atoms with van der Waals surface area (Å²) < 4.78 is 11.0. The maximum absolute atomic E-state index is 14.4. The number of H-pyrrole nitrogens is 2. The van der Waals surface area contributed by atoms with Crippen molar-refractivity contribution >= 4 is 27.8 Å². The highest BCUT2D eigenvalue weighted by molar-refractivity contribution is 5.98. The van der Waals surface area contributed by atoms with Gasteiger partial charge in [-0.05, 0) is 60.5 Å². The van der Waals surface area contributed by atoms with Crippen molar-refractivity contribution in [1.82, 2.24) is 24.8 Å². The van der Waals surface area contributed by atoms with Crippen molar-refractivity contribution in [2.75, 3.05) is 20.8 Å². The van der Waals surface area contributed by atoms with Crippen molar-refractivity contribution in [3.05, 3.63) is 120 Å². The lowest BCUT2D eigenvalue weighted by Gasteiger charge is -2.30. The van der Waals surface area contributed by atoms with Crippen molar-refractivity contribution in [1.29, 1.82) is 0 Å². The largest absolute Gasteiger partial charge is 0.497 e. The molecule has 40 heavy (non-hydrogen) atoms. The first-order valence-corrected chi connectivity index (χ1v) is 13.1. The summed E-state index contributed by atoms with van der Waals surface area (Å²) >= 11 is 0. The fourth-order valence-corrected chi connectivity index (χ4v) is 5.04. The number of hydrogen-bond donors (Lipinski definition) is 2. The Kier molecular flexibility index (Phi) is 6.89. The number of para-hydroxylation sites is 3. The number of benzene rings is 3. The number of carbonyl (C=O) groups is 1. The van der Waals surface area contributed by atoms with E-state index in [1.54, 1.807) is 20.4 Å². The smallest absolute Gasteiger partial charge is 0.271 e. The van der Waals surface area contributed by atoms with Crippen LogP contribution in [-0.2, 0) is 6.42 Å². The van der Waals surface area contributed by atoms with E-state index < -0.39 is 6.04 Å². The zero-order chi connectivity index (χ0) is 27.5. The summed E-state index contributed by atoms with van der Waals surface area (Å²) in [5.41, 5.74) is 4.83. The summed E-state index contributed by atoms with van der Waals surface area (Å²) in [6.45, 7) is 0.392. The predicted molar refractivity (Wildman–Crippen MR) is 155 cm³/mol. The molecule has 6 rings (SSSR count). The zero-order valence-corrected chi connectivity index (χ0v) is 22.3. The third-order valence-electron chi connectivity index (χ3n) is 7.02. The van der Waals surface area contributed by atoms with Crippen molar-refractivity contribution in [3.8, 4) is 11.5 Å². The molecule has 0 radical (unpaired) electrons. The molecule has 0 aliphatic heterocycles. The Balaban J connectivity index is 1.46. The average molecular weight is 532 g/mol. The third kappa shape index (κ3) is 4.99. The van der Waals surface area contributed by atoms with Crippen molar-refractivity contribution < 1.29 is 14.3 Å². The maximum Gasteiger partial charge on any atom is 0.271 e.